The number of carbonyl (C=O) groups is 3. The van der Waals surface area contributed by atoms with Gasteiger partial charge in [-0.3, -0.25) is 24.2 Å². The molecule has 0 saturated carbocycles. The highest BCUT2D eigenvalue weighted by atomic mass is 16.5. The molecule has 7 nitrogen and oxygen atoms in total. The molecule has 7 heteroatoms. The number of piperazine rings is 1. The fraction of sp³-hybridized carbons (Fsp3) is 0.571. The molecule has 3 amide bonds. The van der Waals surface area contributed by atoms with Crippen molar-refractivity contribution in [3.8, 4) is 0 Å². The summed E-state index contributed by atoms with van der Waals surface area (Å²) in [5.74, 6) is -0.439. The topological polar surface area (TPSA) is 70.2 Å². The molecule has 0 N–H and O–H groups in total. The Morgan fingerprint density at radius 3 is 2.14 bits per heavy atom. The molecular formula is C21H29N3O4. The first-order valence-corrected chi connectivity index (χ1v) is 9.91. The fourth-order valence-electron chi connectivity index (χ4n) is 4.19. The molecule has 1 aromatic rings. The number of rotatable bonds is 7. The minimum absolute atomic E-state index is 0.0849. The van der Waals surface area contributed by atoms with Gasteiger partial charge in [0.2, 0.25) is 5.91 Å². The van der Waals surface area contributed by atoms with Crippen LogP contribution in [-0.2, 0) is 9.53 Å². The van der Waals surface area contributed by atoms with E-state index in [9.17, 15) is 14.4 Å². The Kier molecular flexibility index (Phi) is 6.46. The quantitative estimate of drug-likeness (QED) is 0.665. The van der Waals surface area contributed by atoms with Crippen molar-refractivity contribution in [1.29, 1.82) is 0 Å². The van der Waals surface area contributed by atoms with E-state index >= 15 is 0 Å². The number of fused-ring (bicyclic) bond motifs is 1. The highest BCUT2D eigenvalue weighted by Crippen LogP contribution is 2.23. The normalized spacial score (nSPS) is 22.7. The molecule has 2 aliphatic rings. The summed E-state index contributed by atoms with van der Waals surface area (Å²) in [5.41, 5.74) is 0.905. The molecule has 3 rings (SSSR count). The van der Waals surface area contributed by atoms with Crippen molar-refractivity contribution < 1.29 is 19.1 Å². The van der Waals surface area contributed by atoms with Crippen LogP contribution in [0.25, 0.3) is 0 Å². The van der Waals surface area contributed by atoms with Crippen LogP contribution in [0, 0.1) is 0 Å². The van der Waals surface area contributed by atoms with E-state index in [0.29, 0.717) is 43.7 Å². The minimum atomic E-state index is -0.262. The summed E-state index contributed by atoms with van der Waals surface area (Å²) in [6, 6.07) is 7.41. The van der Waals surface area contributed by atoms with E-state index in [2.05, 4.69) is 18.7 Å². The molecule has 0 spiro atoms. The Balaban J connectivity index is 1.49. The predicted molar refractivity (Wildman–Crippen MR) is 105 cm³/mol. The van der Waals surface area contributed by atoms with Crippen LogP contribution in [-0.4, -0.2) is 84.4 Å². The highest BCUT2D eigenvalue weighted by Gasteiger charge is 2.35. The van der Waals surface area contributed by atoms with Crippen LogP contribution in [0.4, 0.5) is 0 Å². The maximum atomic E-state index is 12.7. The van der Waals surface area contributed by atoms with Crippen molar-refractivity contribution in [2.45, 2.75) is 38.8 Å². The second-order valence-electron chi connectivity index (χ2n) is 7.64. The first-order chi connectivity index (χ1) is 13.4. The average molecular weight is 387 g/mol. The van der Waals surface area contributed by atoms with Crippen molar-refractivity contribution in [1.82, 2.24) is 14.7 Å². The number of imide groups is 1. The van der Waals surface area contributed by atoms with Crippen LogP contribution in [0.3, 0.4) is 0 Å². The molecule has 2 aliphatic heterocycles. The second kappa shape index (κ2) is 8.84. The van der Waals surface area contributed by atoms with E-state index in [1.54, 1.807) is 31.4 Å². The van der Waals surface area contributed by atoms with Gasteiger partial charge in [0.15, 0.2) is 0 Å². The fourth-order valence-corrected chi connectivity index (χ4v) is 4.19. The summed E-state index contributed by atoms with van der Waals surface area (Å²) in [4.78, 5) is 43.0. The van der Waals surface area contributed by atoms with Gasteiger partial charge >= 0.3 is 0 Å². The maximum absolute atomic E-state index is 12.7. The lowest BCUT2D eigenvalue weighted by Gasteiger charge is -2.44. The zero-order chi connectivity index (χ0) is 20.3. The average Bonchev–Trinajstić information content (AvgIpc) is 2.92. The number of benzene rings is 1. The predicted octanol–water partition coefficient (Wildman–Crippen LogP) is 1.63. The molecule has 2 unspecified atom stereocenters. The third-order valence-corrected chi connectivity index (χ3v) is 5.66. The lowest BCUT2D eigenvalue weighted by atomic mass is 10.1. The van der Waals surface area contributed by atoms with Crippen LogP contribution < -0.4 is 0 Å². The van der Waals surface area contributed by atoms with Gasteiger partial charge in [-0.25, -0.2) is 0 Å². The number of methoxy groups -OCH3 is 1. The smallest absolute Gasteiger partial charge is 0.261 e. The van der Waals surface area contributed by atoms with Gasteiger partial charge in [-0.05, 0) is 32.4 Å². The Labute approximate surface area is 166 Å². The van der Waals surface area contributed by atoms with E-state index in [1.807, 2.05) is 4.90 Å². The Hall–Kier alpha value is -2.25. The minimum Gasteiger partial charge on any atom is -0.383 e. The number of carbonyl (C=O) groups excluding carboxylic acids is 3. The van der Waals surface area contributed by atoms with Crippen molar-refractivity contribution >= 4 is 17.7 Å². The van der Waals surface area contributed by atoms with Gasteiger partial charge in [0.05, 0.1) is 17.7 Å². The third-order valence-electron chi connectivity index (χ3n) is 5.66. The van der Waals surface area contributed by atoms with Gasteiger partial charge < -0.3 is 9.64 Å². The van der Waals surface area contributed by atoms with Gasteiger partial charge in [0, 0.05) is 51.8 Å². The molecule has 1 aromatic carbocycles. The van der Waals surface area contributed by atoms with Crippen molar-refractivity contribution in [3.63, 3.8) is 0 Å². The molecule has 0 bridgehead atoms. The number of ether oxygens (including phenoxy) is 1. The van der Waals surface area contributed by atoms with Gasteiger partial charge in [-0.1, -0.05) is 12.1 Å². The van der Waals surface area contributed by atoms with Crippen LogP contribution in [0.1, 0.15) is 47.4 Å². The maximum Gasteiger partial charge on any atom is 0.261 e. The number of nitrogens with zero attached hydrogens (tertiary/aromatic N) is 3. The Morgan fingerprint density at radius 2 is 1.61 bits per heavy atom. The summed E-state index contributed by atoms with van der Waals surface area (Å²) in [7, 11) is 1.70. The van der Waals surface area contributed by atoms with Crippen LogP contribution in [0.5, 0.6) is 0 Å². The zero-order valence-corrected chi connectivity index (χ0v) is 16.9. The van der Waals surface area contributed by atoms with Crippen LogP contribution >= 0.6 is 0 Å². The van der Waals surface area contributed by atoms with Crippen molar-refractivity contribution in [2.24, 2.45) is 0 Å². The largest absolute Gasteiger partial charge is 0.383 e. The molecule has 2 atom stereocenters. The summed E-state index contributed by atoms with van der Waals surface area (Å²) < 4.78 is 5.18. The van der Waals surface area contributed by atoms with Gasteiger partial charge in [0.25, 0.3) is 11.8 Å². The highest BCUT2D eigenvalue weighted by molar-refractivity contribution is 6.21. The summed E-state index contributed by atoms with van der Waals surface area (Å²) >= 11 is 0. The van der Waals surface area contributed by atoms with E-state index in [-0.39, 0.29) is 36.3 Å². The molecule has 0 radical (unpaired) electrons. The van der Waals surface area contributed by atoms with Crippen molar-refractivity contribution in [3.05, 3.63) is 35.4 Å². The van der Waals surface area contributed by atoms with Crippen LogP contribution in [0.15, 0.2) is 24.3 Å². The molecule has 28 heavy (non-hydrogen) atoms. The molecule has 1 fully saturated rings. The summed E-state index contributed by atoms with van der Waals surface area (Å²) in [6.45, 7) is 7.47. The first kappa shape index (κ1) is 20.5. The zero-order valence-electron chi connectivity index (χ0n) is 16.9. The standard InChI is InChI=1S/C21H29N3O4/c1-15-13-22(14-16(2)23(15)11-12-28-3)19(25)9-6-10-24-20(26)17-7-4-5-8-18(17)21(24)27/h4-5,7-8,15-16H,6,9-14H2,1-3H3. The lowest BCUT2D eigenvalue weighted by molar-refractivity contribution is -0.135. The van der Waals surface area contributed by atoms with Gasteiger partial charge in [0.1, 0.15) is 0 Å². The van der Waals surface area contributed by atoms with Crippen LogP contribution in [0.2, 0.25) is 0 Å². The summed E-state index contributed by atoms with van der Waals surface area (Å²) in [6.07, 6.45) is 0.821. The van der Waals surface area contributed by atoms with E-state index in [0.717, 1.165) is 6.54 Å². The number of amides is 3. The monoisotopic (exact) mass is 387 g/mol. The lowest BCUT2D eigenvalue weighted by Crippen LogP contribution is -2.58. The van der Waals surface area contributed by atoms with Gasteiger partial charge in [-0.15, -0.1) is 0 Å². The molecule has 0 aromatic heterocycles. The number of hydrogen-bond acceptors (Lipinski definition) is 5. The summed E-state index contributed by atoms with van der Waals surface area (Å²) in [5, 5.41) is 0. The third kappa shape index (κ3) is 4.10. The second-order valence-corrected chi connectivity index (χ2v) is 7.64. The molecular weight excluding hydrogens is 358 g/mol. The SMILES string of the molecule is COCCN1C(C)CN(C(=O)CCCN2C(=O)c3ccccc3C2=O)CC1C. The molecule has 1 saturated heterocycles. The van der Waals surface area contributed by atoms with E-state index < -0.39 is 0 Å². The molecule has 2 heterocycles. The number of hydrogen-bond donors (Lipinski definition) is 0. The molecule has 152 valence electrons. The van der Waals surface area contributed by atoms with E-state index in [4.69, 9.17) is 4.74 Å². The van der Waals surface area contributed by atoms with E-state index in [1.165, 1.54) is 4.90 Å². The van der Waals surface area contributed by atoms with Gasteiger partial charge in [-0.2, -0.15) is 0 Å². The molecule has 0 aliphatic carbocycles. The first-order valence-electron chi connectivity index (χ1n) is 9.91. The van der Waals surface area contributed by atoms with Crippen molar-refractivity contribution in [2.75, 3.05) is 39.9 Å². The Bertz CT molecular complexity index is 704. The Morgan fingerprint density at radius 1 is 1.04 bits per heavy atom.